The van der Waals surface area contributed by atoms with E-state index in [1.54, 1.807) is 18.7 Å². The van der Waals surface area contributed by atoms with Gasteiger partial charge >= 0.3 is 0 Å². The molecule has 0 saturated carbocycles. The second-order valence-electron chi connectivity index (χ2n) is 5.43. The summed E-state index contributed by atoms with van der Waals surface area (Å²) in [7, 11) is 0. The molecule has 3 rings (SSSR count). The summed E-state index contributed by atoms with van der Waals surface area (Å²) in [6, 6.07) is 3.70. The van der Waals surface area contributed by atoms with Gasteiger partial charge in [0.2, 0.25) is 0 Å². The average molecular weight is 286 g/mol. The highest BCUT2D eigenvalue weighted by Gasteiger charge is 2.25. The highest BCUT2D eigenvalue weighted by molar-refractivity contribution is 5.85. The molecule has 2 atom stereocenters. The quantitative estimate of drug-likeness (QED) is 0.812. The number of anilines is 1. The molecule has 0 radical (unpaired) electrons. The summed E-state index contributed by atoms with van der Waals surface area (Å²) in [5.41, 5.74) is 2.39. The number of hydrogen-bond donors (Lipinski definition) is 0. The Bertz CT molecular complexity index is 614. The predicted molar refractivity (Wildman–Crippen MR) is 79.5 cm³/mol. The van der Waals surface area contributed by atoms with Crippen LogP contribution in [0.4, 0.5) is 5.82 Å². The zero-order chi connectivity index (χ0) is 14.8. The standard InChI is InChI=1S/C16H18N2O3/c1-11-7-18(8-12(2)21-11)16-15(9-19)5-14(6-17-16)13-3-4-20-10-13/h3-6,9-12H,7-8H2,1-2H3. The zero-order valence-corrected chi connectivity index (χ0v) is 12.2. The van der Waals surface area contributed by atoms with Crippen molar-refractivity contribution in [2.45, 2.75) is 26.1 Å². The van der Waals surface area contributed by atoms with E-state index >= 15 is 0 Å². The number of ether oxygens (including phenoxy) is 1. The lowest BCUT2D eigenvalue weighted by molar-refractivity contribution is -0.00549. The molecule has 2 aromatic rings. The molecule has 0 amide bonds. The third-order valence-electron chi connectivity index (χ3n) is 3.60. The Kier molecular flexibility index (Phi) is 3.75. The summed E-state index contributed by atoms with van der Waals surface area (Å²) < 4.78 is 10.8. The number of nitrogens with zero attached hydrogens (tertiary/aromatic N) is 2. The van der Waals surface area contributed by atoms with Crippen molar-refractivity contribution in [2.24, 2.45) is 0 Å². The molecular formula is C16H18N2O3. The van der Waals surface area contributed by atoms with Crippen LogP contribution in [0.3, 0.4) is 0 Å². The molecule has 21 heavy (non-hydrogen) atoms. The predicted octanol–water partition coefficient (Wildman–Crippen LogP) is 2.77. The normalized spacial score (nSPS) is 22.3. The molecule has 1 aliphatic heterocycles. The molecule has 0 aromatic carbocycles. The van der Waals surface area contributed by atoms with Crippen molar-refractivity contribution in [1.82, 2.24) is 4.98 Å². The Morgan fingerprint density at radius 3 is 2.67 bits per heavy atom. The van der Waals surface area contributed by atoms with Crippen LogP contribution in [0.2, 0.25) is 0 Å². The van der Waals surface area contributed by atoms with Crippen molar-refractivity contribution in [3.05, 3.63) is 36.4 Å². The smallest absolute Gasteiger partial charge is 0.153 e. The van der Waals surface area contributed by atoms with E-state index in [9.17, 15) is 4.79 Å². The summed E-state index contributed by atoms with van der Waals surface area (Å²) in [6.07, 6.45) is 6.14. The van der Waals surface area contributed by atoms with Crippen LogP contribution in [-0.2, 0) is 4.74 Å². The molecule has 2 aromatic heterocycles. The number of hydrogen-bond acceptors (Lipinski definition) is 5. The number of furan rings is 1. The van der Waals surface area contributed by atoms with E-state index in [2.05, 4.69) is 9.88 Å². The van der Waals surface area contributed by atoms with Gasteiger partial charge in [-0.1, -0.05) is 0 Å². The molecule has 2 unspecified atom stereocenters. The SMILES string of the molecule is CC1CN(c2ncc(-c3ccoc3)cc2C=O)CC(C)O1. The number of carbonyl (C=O) groups is 1. The van der Waals surface area contributed by atoms with Crippen molar-refractivity contribution in [2.75, 3.05) is 18.0 Å². The number of aromatic nitrogens is 1. The van der Waals surface area contributed by atoms with Crippen LogP contribution in [-0.4, -0.2) is 36.6 Å². The van der Waals surface area contributed by atoms with Gasteiger partial charge < -0.3 is 14.1 Å². The maximum absolute atomic E-state index is 11.4. The zero-order valence-electron chi connectivity index (χ0n) is 12.2. The maximum Gasteiger partial charge on any atom is 0.153 e. The van der Waals surface area contributed by atoms with Gasteiger partial charge in [0.25, 0.3) is 0 Å². The first kappa shape index (κ1) is 13.8. The van der Waals surface area contributed by atoms with Crippen LogP contribution in [0, 0.1) is 0 Å². The van der Waals surface area contributed by atoms with E-state index in [4.69, 9.17) is 9.15 Å². The third kappa shape index (κ3) is 2.83. The van der Waals surface area contributed by atoms with Gasteiger partial charge in [0.05, 0.1) is 30.3 Å². The number of aldehydes is 1. The summed E-state index contributed by atoms with van der Waals surface area (Å²) >= 11 is 0. The van der Waals surface area contributed by atoms with E-state index in [0.717, 1.165) is 36.3 Å². The Morgan fingerprint density at radius 1 is 1.29 bits per heavy atom. The van der Waals surface area contributed by atoms with Crippen LogP contribution < -0.4 is 4.90 Å². The van der Waals surface area contributed by atoms with Gasteiger partial charge in [0.1, 0.15) is 5.82 Å². The van der Waals surface area contributed by atoms with Gasteiger partial charge in [0, 0.05) is 30.4 Å². The molecule has 1 aliphatic rings. The van der Waals surface area contributed by atoms with Gasteiger partial charge in [-0.3, -0.25) is 4.79 Å². The Morgan fingerprint density at radius 2 is 2.05 bits per heavy atom. The number of pyridine rings is 1. The molecule has 0 aliphatic carbocycles. The monoisotopic (exact) mass is 286 g/mol. The first-order chi connectivity index (χ1) is 10.2. The van der Waals surface area contributed by atoms with Crippen LogP contribution in [0.5, 0.6) is 0 Å². The van der Waals surface area contributed by atoms with E-state index < -0.39 is 0 Å². The lowest BCUT2D eigenvalue weighted by Crippen LogP contribution is -2.46. The van der Waals surface area contributed by atoms with Gasteiger partial charge in [0.15, 0.2) is 6.29 Å². The van der Waals surface area contributed by atoms with E-state index in [1.165, 1.54) is 0 Å². The molecule has 0 N–H and O–H groups in total. The van der Waals surface area contributed by atoms with Gasteiger partial charge in [-0.05, 0) is 26.0 Å². The van der Waals surface area contributed by atoms with Crippen molar-refractivity contribution in [3.8, 4) is 11.1 Å². The van der Waals surface area contributed by atoms with Gasteiger partial charge in [-0.25, -0.2) is 4.98 Å². The Labute approximate surface area is 123 Å². The highest BCUT2D eigenvalue weighted by atomic mass is 16.5. The minimum Gasteiger partial charge on any atom is -0.472 e. The summed E-state index contributed by atoms with van der Waals surface area (Å²) in [6.45, 7) is 5.54. The summed E-state index contributed by atoms with van der Waals surface area (Å²) in [5.74, 6) is 0.722. The molecule has 0 bridgehead atoms. The number of rotatable bonds is 3. The minimum atomic E-state index is 0.128. The van der Waals surface area contributed by atoms with Crippen LogP contribution in [0.25, 0.3) is 11.1 Å². The molecule has 110 valence electrons. The third-order valence-corrected chi connectivity index (χ3v) is 3.60. The largest absolute Gasteiger partial charge is 0.472 e. The van der Waals surface area contributed by atoms with Crippen molar-refractivity contribution < 1.29 is 13.9 Å². The second kappa shape index (κ2) is 5.69. The van der Waals surface area contributed by atoms with Crippen LogP contribution in [0.15, 0.2) is 35.3 Å². The van der Waals surface area contributed by atoms with Crippen LogP contribution in [0.1, 0.15) is 24.2 Å². The van der Waals surface area contributed by atoms with Crippen molar-refractivity contribution >= 4 is 12.1 Å². The fourth-order valence-electron chi connectivity index (χ4n) is 2.76. The van der Waals surface area contributed by atoms with E-state index in [0.29, 0.717) is 5.56 Å². The molecule has 0 spiro atoms. The number of carbonyl (C=O) groups excluding carboxylic acids is 1. The fraction of sp³-hybridized carbons (Fsp3) is 0.375. The van der Waals surface area contributed by atoms with Crippen molar-refractivity contribution in [3.63, 3.8) is 0 Å². The van der Waals surface area contributed by atoms with Crippen LogP contribution >= 0.6 is 0 Å². The molecule has 1 fully saturated rings. The molecule has 5 nitrogen and oxygen atoms in total. The average Bonchev–Trinajstić information content (AvgIpc) is 2.99. The molecule has 3 heterocycles. The number of morpholine rings is 1. The first-order valence-electron chi connectivity index (χ1n) is 7.05. The topological polar surface area (TPSA) is 55.6 Å². The van der Waals surface area contributed by atoms with Gasteiger partial charge in [-0.2, -0.15) is 0 Å². The Balaban J connectivity index is 1.94. The fourth-order valence-corrected chi connectivity index (χ4v) is 2.76. The minimum absolute atomic E-state index is 0.128. The van der Waals surface area contributed by atoms with Gasteiger partial charge in [-0.15, -0.1) is 0 Å². The van der Waals surface area contributed by atoms with Crippen molar-refractivity contribution in [1.29, 1.82) is 0 Å². The lowest BCUT2D eigenvalue weighted by atomic mass is 10.1. The highest BCUT2D eigenvalue weighted by Crippen LogP contribution is 2.26. The Hall–Kier alpha value is -2.14. The summed E-state index contributed by atoms with van der Waals surface area (Å²) in [4.78, 5) is 18.0. The lowest BCUT2D eigenvalue weighted by Gasteiger charge is -2.36. The van der Waals surface area contributed by atoms with E-state index in [1.807, 2.05) is 26.0 Å². The summed E-state index contributed by atoms with van der Waals surface area (Å²) in [5, 5.41) is 0. The first-order valence-corrected chi connectivity index (χ1v) is 7.05. The second-order valence-corrected chi connectivity index (χ2v) is 5.43. The molecular weight excluding hydrogens is 268 g/mol. The maximum atomic E-state index is 11.4. The molecule has 5 heteroatoms. The molecule has 1 saturated heterocycles. The van der Waals surface area contributed by atoms with E-state index in [-0.39, 0.29) is 12.2 Å².